The molecule has 0 spiro atoms. The number of thiocarbonyl (C=S) groups is 1. The van der Waals surface area contributed by atoms with Crippen molar-refractivity contribution in [2.24, 2.45) is 0 Å². The first-order valence-electron chi connectivity index (χ1n) is 7.90. The van der Waals surface area contributed by atoms with E-state index >= 15 is 0 Å². The highest BCUT2D eigenvalue weighted by Gasteiger charge is 2.18. The molecule has 1 aromatic heterocycles. The first-order valence-corrected chi connectivity index (χ1v) is 9.51. The smallest absolute Gasteiger partial charge is 0.269 e. The van der Waals surface area contributed by atoms with E-state index < -0.39 is 0 Å². The lowest BCUT2D eigenvalue weighted by Gasteiger charge is -2.11. The number of halogens is 1. The molecule has 0 aliphatic carbocycles. The minimum Gasteiger partial charge on any atom is -0.332 e. The number of hydrogen-bond donors (Lipinski definition) is 2. The van der Waals surface area contributed by atoms with Crippen molar-refractivity contribution in [1.82, 2.24) is 5.32 Å². The van der Waals surface area contributed by atoms with Crippen LogP contribution in [0.1, 0.15) is 9.67 Å². The van der Waals surface area contributed by atoms with Gasteiger partial charge < -0.3 is 5.32 Å². The number of carbonyl (C=O) groups is 1. The summed E-state index contributed by atoms with van der Waals surface area (Å²) in [6.45, 7) is 0. The van der Waals surface area contributed by atoms with Crippen LogP contribution in [0.5, 0.6) is 0 Å². The largest absolute Gasteiger partial charge is 0.332 e. The normalized spacial score (nSPS) is 10.8. The minimum atomic E-state index is -0.311. The van der Waals surface area contributed by atoms with Crippen LogP contribution in [0.2, 0.25) is 5.02 Å². The third-order valence-electron chi connectivity index (χ3n) is 4.01. The number of anilines is 1. The highest BCUT2D eigenvalue weighted by Crippen LogP contribution is 2.35. The third kappa shape index (κ3) is 3.17. The number of fused-ring (bicyclic) bond motifs is 2. The van der Waals surface area contributed by atoms with Gasteiger partial charge >= 0.3 is 0 Å². The molecule has 4 aromatic rings. The van der Waals surface area contributed by atoms with Crippen molar-refractivity contribution < 1.29 is 4.79 Å². The van der Waals surface area contributed by atoms with E-state index in [0.29, 0.717) is 9.90 Å². The molecule has 0 saturated heterocycles. The van der Waals surface area contributed by atoms with Crippen LogP contribution in [0.15, 0.2) is 66.7 Å². The molecule has 0 aliphatic rings. The molecule has 3 nitrogen and oxygen atoms in total. The van der Waals surface area contributed by atoms with Gasteiger partial charge in [-0.2, -0.15) is 0 Å². The van der Waals surface area contributed by atoms with Gasteiger partial charge in [-0.05, 0) is 29.7 Å². The van der Waals surface area contributed by atoms with Gasteiger partial charge in [0, 0.05) is 21.2 Å². The first-order chi connectivity index (χ1) is 12.6. The van der Waals surface area contributed by atoms with Crippen LogP contribution in [-0.2, 0) is 0 Å². The van der Waals surface area contributed by atoms with Gasteiger partial charge in [0.25, 0.3) is 5.91 Å². The molecule has 0 bridgehead atoms. The molecule has 1 heterocycles. The van der Waals surface area contributed by atoms with E-state index in [9.17, 15) is 4.79 Å². The van der Waals surface area contributed by atoms with Crippen LogP contribution in [0.25, 0.3) is 20.9 Å². The predicted molar refractivity (Wildman–Crippen MR) is 114 cm³/mol. The lowest BCUT2D eigenvalue weighted by molar-refractivity contribution is 0.0982. The molecule has 0 radical (unpaired) electrons. The lowest BCUT2D eigenvalue weighted by Crippen LogP contribution is -2.33. The SMILES string of the molecule is O=C(NC(=S)Nc1cccc2ccccc12)c1sc2ccccc2c1Cl. The fourth-order valence-electron chi connectivity index (χ4n) is 2.81. The average molecular weight is 397 g/mol. The van der Waals surface area contributed by atoms with Crippen LogP contribution in [-0.4, -0.2) is 11.0 Å². The molecule has 26 heavy (non-hydrogen) atoms. The molecule has 1 amide bonds. The van der Waals surface area contributed by atoms with Crippen molar-refractivity contribution >= 4 is 72.7 Å². The summed E-state index contributed by atoms with van der Waals surface area (Å²) in [6, 6.07) is 21.5. The molecular weight excluding hydrogens is 384 g/mol. The Morgan fingerprint density at radius 2 is 1.62 bits per heavy atom. The Bertz CT molecular complexity index is 1150. The lowest BCUT2D eigenvalue weighted by atomic mass is 10.1. The fourth-order valence-corrected chi connectivity index (χ4v) is 4.42. The number of carbonyl (C=O) groups excluding carboxylic acids is 1. The molecule has 2 N–H and O–H groups in total. The Balaban J connectivity index is 1.55. The zero-order valence-corrected chi connectivity index (χ0v) is 15.8. The standard InChI is InChI=1S/C20H13ClN2OS2/c21-17-14-9-3-4-11-16(14)26-18(17)19(24)23-20(25)22-15-10-5-7-12-6-1-2-8-13(12)15/h1-11H,(H2,22,23,24,25). The maximum absolute atomic E-state index is 12.6. The van der Waals surface area contributed by atoms with Gasteiger partial charge in [0.1, 0.15) is 4.88 Å². The molecule has 6 heteroatoms. The van der Waals surface area contributed by atoms with Crippen LogP contribution in [0.4, 0.5) is 5.69 Å². The number of benzene rings is 3. The molecular formula is C20H13ClN2OS2. The second kappa shape index (κ2) is 7.03. The third-order valence-corrected chi connectivity index (χ3v) is 5.88. The second-order valence-corrected chi connectivity index (χ2v) is 7.51. The monoisotopic (exact) mass is 396 g/mol. The molecule has 0 unspecified atom stereocenters. The van der Waals surface area contributed by atoms with Gasteiger partial charge in [0.05, 0.1) is 5.02 Å². The van der Waals surface area contributed by atoms with Gasteiger partial charge in [-0.1, -0.05) is 66.2 Å². The average Bonchev–Trinajstić information content (AvgIpc) is 2.99. The number of hydrogen-bond acceptors (Lipinski definition) is 3. The summed E-state index contributed by atoms with van der Waals surface area (Å²) in [6.07, 6.45) is 0. The van der Waals surface area contributed by atoms with Crippen molar-refractivity contribution in [2.75, 3.05) is 5.32 Å². The van der Waals surface area contributed by atoms with E-state index in [1.165, 1.54) is 11.3 Å². The van der Waals surface area contributed by atoms with E-state index in [-0.39, 0.29) is 11.0 Å². The Morgan fingerprint density at radius 1 is 0.923 bits per heavy atom. The molecule has 3 aromatic carbocycles. The zero-order chi connectivity index (χ0) is 18.1. The summed E-state index contributed by atoms with van der Waals surface area (Å²) >= 11 is 13.0. The Labute approximate surface area is 164 Å². The summed E-state index contributed by atoms with van der Waals surface area (Å²) in [7, 11) is 0. The highest BCUT2D eigenvalue weighted by molar-refractivity contribution is 7.80. The second-order valence-electron chi connectivity index (χ2n) is 5.68. The van der Waals surface area contributed by atoms with E-state index in [2.05, 4.69) is 10.6 Å². The van der Waals surface area contributed by atoms with Crippen LogP contribution < -0.4 is 10.6 Å². The van der Waals surface area contributed by atoms with E-state index in [4.69, 9.17) is 23.8 Å². The maximum atomic E-state index is 12.6. The molecule has 0 aliphatic heterocycles. The Hall–Kier alpha value is -2.47. The van der Waals surface area contributed by atoms with Crippen molar-refractivity contribution in [2.45, 2.75) is 0 Å². The Morgan fingerprint density at radius 3 is 2.42 bits per heavy atom. The fraction of sp³-hybridized carbons (Fsp3) is 0. The first kappa shape index (κ1) is 17.0. The number of rotatable bonds is 2. The Kier molecular flexibility index (Phi) is 4.59. The molecule has 4 rings (SSSR count). The maximum Gasteiger partial charge on any atom is 0.269 e. The zero-order valence-electron chi connectivity index (χ0n) is 13.5. The molecule has 0 saturated carbocycles. The summed E-state index contributed by atoms with van der Waals surface area (Å²) in [5.74, 6) is -0.311. The van der Waals surface area contributed by atoms with Crippen molar-refractivity contribution in [1.29, 1.82) is 0 Å². The molecule has 0 fully saturated rings. The summed E-state index contributed by atoms with van der Waals surface area (Å²) < 4.78 is 0.968. The van der Waals surface area contributed by atoms with Gasteiger partial charge in [0.2, 0.25) is 0 Å². The highest BCUT2D eigenvalue weighted by atomic mass is 35.5. The number of nitrogens with one attached hydrogen (secondary N) is 2. The molecule has 0 atom stereocenters. The van der Waals surface area contributed by atoms with Crippen molar-refractivity contribution in [3.05, 3.63) is 76.6 Å². The minimum absolute atomic E-state index is 0.236. The van der Waals surface area contributed by atoms with Crippen molar-refractivity contribution in [3.8, 4) is 0 Å². The number of thiophene rings is 1. The molecule has 128 valence electrons. The summed E-state index contributed by atoms with van der Waals surface area (Å²) in [5, 5.41) is 9.51. The van der Waals surface area contributed by atoms with E-state index in [1.54, 1.807) is 0 Å². The van der Waals surface area contributed by atoms with Gasteiger partial charge in [0.15, 0.2) is 5.11 Å². The summed E-state index contributed by atoms with van der Waals surface area (Å²) in [5.41, 5.74) is 0.843. The van der Waals surface area contributed by atoms with Gasteiger partial charge in [-0.3, -0.25) is 10.1 Å². The van der Waals surface area contributed by atoms with Crippen LogP contribution >= 0.6 is 35.2 Å². The van der Waals surface area contributed by atoms with Crippen LogP contribution in [0.3, 0.4) is 0 Å². The van der Waals surface area contributed by atoms with E-state index in [0.717, 1.165) is 26.5 Å². The van der Waals surface area contributed by atoms with Gasteiger partial charge in [-0.15, -0.1) is 11.3 Å². The topological polar surface area (TPSA) is 41.1 Å². The van der Waals surface area contributed by atoms with Crippen molar-refractivity contribution in [3.63, 3.8) is 0 Å². The van der Waals surface area contributed by atoms with Crippen LogP contribution in [0, 0.1) is 0 Å². The van der Waals surface area contributed by atoms with Gasteiger partial charge in [-0.25, -0.2) is 0 Å². The summed E-state index contributed by atoms with van der Waals surface area (Å²) in [4.78, 5) is 13.0. The predicted octanol–water partition coefficient (Wildman–Crippen LogP) is 5.83. The quantitative estimate of drug-likeness (QED) is 0.418. The number of amides is 1. The van der Waals surface area contributed by atoms with E-state index in [1.807, 2.05) is 66.7 Å².